The molecule has 5 heteroatoms. The summed E-state index contributed by atoms with van der Waals surface area (Å²) in [6.45, 7) is 3.24. The fourth-order valence-corrected chi connectivity index (χ4v) is 3.10. The van der Waals surface area contributed by atoms with E-state index in [-0.39, 0.29) is 17.9 Å². The van der Waals surface area contributed by atoms with E-state index in [0.717, 1.165) is 13.0 Å². The molecule has 0 radical (unpaired) electrons. The Morgan fingerprint density at radius 1 is 1.52 bits per heavy atom. The molecule has 3 N–H and O–H groups in total. The molecule has 5 nitrogen and oxygen atoms in total. The van der Waals surface area contributed by atoms with Crippen LogP contribution < -0.4 is 10.6 Å². The highest BCUT2D eigenvalue weighted by atomic mass is 16.3. The topological polar surface area (TPSA) is 74.2 Å². The molecule has 1 saturated carbocycles. The maximum Gasteiger partial charge on any atom is 0.254 e. The maximum absolute atomic E-state index is 11.9. The van der Waals surface area contributed by atoms with Crippen LogP contribution in [0.25, 0.3) is 0 Å². The van der Waals surface area contributed by atoms with Gasteiger partial charge in [-0.05, 0) is 42.7 Å². The molecule has 1 aromatic rings. The second-order valence-electron chi connectivity index (χ2n) is 5.96. The van der Waals surface area contributed by atoms with Crippen LogP contribution in [0.4, 0.5) is 5.82 Å². The minimum atomic E-state index is -0.128. The van der Waals surface area contributed by atoms with Gasteiger partial charge in [0.1, 0.15) is 5.82 Å². The highest BCUT2D eigenvalue weighted by Gasteiger charge is 2.41. The van der Waals surface area contributed by atoms with Crippen molar-refractivity contribution in [2.75, 3.05) is 25.5 Å². The van der Waals surface area contributed by atoms with Crippen molar-refractivity contribution in [1.82, 2.24) is 10.3 Å². The molecule has 1 fully saturated rings. The zero-order valence-corrected chi connectivity index (χ0v) is 12.9. The first kappa shape index (κ1) is 15.8. The number of hydrogen-bond donors (Lipinski definition) is 3. The number of amides is 1. The Morgan fingerprint density at radius 2 is 2.29 bits per heavy atom. The first-order valence-electron chi connectivity index (χ1n) is 7.65. The van der Waals surface area contributed by atoms with Gasteiger partial charge in [0.15, 0.2) is 0 Å². The molecule has 2 rings (SSSR count). The van der Waals surface area contributed by atoms with Crippen molar-refractivity contribution >= 4 is 11.7 Å². The fraction of sp³-hybridized carbons (Fsp3) is 0.625. The van der Waals surface area contributed by atoms with Crippen LogP contribution in [0.15, 0.2) is 18.3 Å². The van der Waals surface area contributed by atoms with Crippen LogP contribution in [0, 0.1) is 11.3 Å². The average molecular weight is 291 g/mol. The van der Waals surface area contributed by atoms with E-state index in [1.165, 1.54) is 19.3 Å². The van der Waals surface area contributed by atoms with Gasteiger partial charge in [0.2, 0.25) is 0 Å². The molecular formula is C16H25N3O2. The Labute approximate surface area is 126 Å². The first-order valence-corrected chi connectivity index (χ1v) is 7.65. The molecule has 0 bridgehead atoms. The van der Waals surface area contributed by atoms with Crippen LogP contribution in [0.1, 0.15) is 43.0 Å². The van der Waals surface area contributed by atoms with Gasteiger partial charge in [0, 0.05) is 26.4 Å². The number of rotatable bonds is 7. The van der Waals surface area contributed by atoms with Crippen molar-refractivity contribution in [3.05, 3.63) is 23.9 Å². The molecule has 0 saturated heterocycles. The van der Waals surface area contributed by atoms with Crippen LogP contribution in [0.3, 0.4) is 0 Å². The van der Waals surface area contributed by atoms with Gasteiger partial charge >= 0.3 is 0 Å². The second-order valence-corrected chi connectivity index (χ2v) is 5.96. The SMILES string of the molecule is CNC(=O)c1cccnc1NCC1([C@H](C)CCO)CCC1. The summed E-state index contributed by atoms with van der Waals surface area (Å²) in [5.74, 6) is 0.979. The minimum Gasteiger partial charge on any atom is -0.396 e. The van der Waals surface area contributed by atoms with Gasteiger partial charge < -0.3 is 15.7 Å². The predicted octanol–water partition coefficient (Wildman–Crippen LogP) is 2.04. The van der Waals surface area contributed by atoms with E-state index >= 15 is 0 Å². The van der Waals surface area contributed by atoms with Crippen LogP contribution in [-0.2, 0) is 0 Å². The van der Waals surface area contributed by atoms with Crippen molar-refractivity contribution in [3.63, 3.8) is 0 Å². The van der Waals surface area contributed by atoms with Crippen molar-refractivity contribution in [1.29, 1.82) is 0 Å². The number of pyridine rings is 1. The zero-order chi connectivity index (χ0) is 15.3. The third kappa shape index (κ3) is 3.35. The summed E-state index contributed by atoms with van der Waals surface area (Å²) >= 11 is 0. The van der Waals surface area contributed by atoms with E-state index in [0.29, 0.717) is 17.3 Å². The molecule has 1 aromatic heterocycles. The number of nitrogens with zero attached hydrogens (tertiary/aromatic N) is 1. The van der Waals surface area contributed by atoms with Crippen molar-refractivity contribution in [3.8, 4) is 0 Å². The van der Waals surface area contributed by atoms with Crippen molar-refractivity contribution in [2.24, 2.45) is 11.3 Å². The summed E-state index contributed by atoms with van der Waals surface area (Å²) in [7, 11) is 1.62. The van der Waals surface area contributed by atoms with Crippen molar-refractivity contribution in [2.45, 2.75) is 32.6 Å². The van der Waals surface area contributed by atoms with E-state index in [4.69, 9.17) is 5.11 Å². The largest absolute Gasteiger partial charge is 0.396 e. The van der Waals surface area contributed by atoms with Crippen LogP contribution >= 0.6 is 0 Å². The molecule has 1 atom stereocenters. The Kier molecular flexibility index (Phi) is 5.17. The monoisotopic (exact) mass is 291 g/mol. The number of anilines is 1. The molecule has 0 unspecified atom stereocenters. The van der Waals surface area contributed by atoms with Gasteiger partial charge in [-0.3, -0.25) is 4.79 Å². The summed E-state index contributed by atoms with van der Waals surface area (Å²) in [5.41, 5.74) is 0.796. The molecule has 0 aromatic carbocycles. The molecule has 1 aliphatic carbocycles. The lowest BCUT2D eigenvalue weighted by atomic mass is 9.60. The highest BCUT2D eigenvalue weighted by molar-refractivity contribution is 5.98. The van der Waals surface area contributed by atoms with Gasteiger partial charge in [0.25, 0.3) is 5.91 Å². The van der Waals surface area contributed by atoms with E-state index in [2.05, 4.69) is 22.5 Å². The number of nitrogens with one attached hydrogen (secondary N) is 2. The van der Waals surface area contributed by atoms with Crippen LogP contribution in [0.2, 0.25) is 0 Å². The first-order chi connectivity index (χ1) is 10.1. The maximum atomic E-state index is 11.9. The number of aromatic nitrogens is 1. The summed E-state index contributed by atoms with van der Waals surface area (Å²) in [6.07, 6.45) is 6.10. The number of hydrogen-bond acceptors (Lipinski definition) is 4. The van der Waals surface area contributed by atoms with Crippen molar-refractivity contribution < 1.29 is 9.90 Å². The summed E-state index contributed by atoms with van der Waals surface area (Å²) in [4.78, 5) is 16.1. The van der Waals surface area contributed by atoms with E-state index < -0.39 is 0 Å². The Bertz CT molecular complexity index is 486. The third-order valence-electron chi connectivity index (χ3n) is 4.84. The summed E-state index contributed by atoms with van der Waals surface area (Å²) in [5, 5.41) is 15.2. The smallest absolute Gasteiger partial charge is 0.254 e. The predicted molar refractivity (Wildman–Crippen MR) is 83.3 cm³/mol. The molecule has 21 heavy (non-hydrogen) atoms. The summed E-state index contributed by atoms with van der Waals surface area (Å²) < 4.78 is 0. The van der Waals surface area contributed by atoms with Crippen LogP contribution in [-0.4, -0.2) is 36.2 Å². The Balaban J connectivity index is 2.07. The molecular weight excluding hydrogens is 266 g/mol. The Morgan fingerprint density at radius 3 is 2.86 bits per heavy atom. The number of carbonyl (C=O) groups excluding carboxylic acids is 1. The van der Waals surface area contributed by atoms with E-state index in [9.17, 15) is 4.79 Å². The van der Waals surface area contributed by atoms with Gasteiger partial charge in [-0.15, -0.1) is 0 Å². The van der Waals surface area contributed by atoms with Gasteiger partial charge in [-0.25, -0.2) is 4.98 Å². The number of carbonyl (C=O) groups is 1. The van der Waals surface area contributed by atoms with Crippen LogP contribution in [0.5, 0.6) is 0 Å². The highest BCUT2D eigenvalue weighted by Crippen LogP contribution is 2.48. The average Bonchev–Trinajstić information content (AvgIpc) is 2.46. The third-order valence-corrected chi connectivity index (χ3v) is 4.84. The molecule has 0 spiro atoms. The number of aliphatic hydroxyl groups excluding tert-OH is 1. The zero-order valence-electron chi connectivity index (χ0n) is 12.9. The van der Waals surface area contributed by atoms with Gasteiger partial charge in [-0.1, -0.05) is 13.3 Å². The minimum absolute atomic E-state index is 0.128. The lowest BCUT2D eigenvalue weighted by Crippen LogP contribution is -2.42. The normalized spacial score (nSPS) is 17.7. The van der Waals surface area contributed by atoms with Gasteiger partial charge in [-0.2, -0.15) is 0 Å². The van der Waals surface area contributed by atoms with Gasteiger partial charge in [0.05, 0.1) is 5.56 Å². The quantitative estimate of drug-likeness (QED) is 0.719. The fourth-order valence-electron chi connectivity index (χ4n) is 3.10. The summed E-state index contributed by atoms with van der Waals surface area (Å²) in [6, 6.07) is 3.54. The van der Waals surface area contributed by atoms with E-state index in [1.54, 1.807) is 25.4 Å². The molecule has 1 amide bonds. The molecule has 1 aliphatic rings. The molecule has 0 aliphatic heterocycles. The molecule has 116 valence electrons. The molecule has 1 heterocycles. The second kappa shape index (κ2) is 6.89. The van der Waals surface area contributed by atoms with E-state index in [1.807, 2.05) is 0 Å². The number of aliphatic hydroxyl groups is 1. The standard InChI is InChI=1S/C16H25N3O2/c1-12(6-10-20)16(7-4-8-16)11-19-14-13(15(21)17-2)5-3-9-18-14/h3,5,9,12,20H,4,6-8,10-11H2,1-2H3,(H,17,21)(H,18,19)/t12-/m1/s1. The lowest BCUT2D eigenvalue weighted by molar-refractivity contribution is 0.0572. The lowest BCUT2D eigenvalue weighted by Gasteiger charge is -2.47. The Hall–Kier alpha value is -1.62.